The maximum atomic E-state index is 13.0. The Labute approximate surface area is 163 Å². The van der Waals surface area contributed by atoms with Crippen LogP contribution in [0.5, 0.6) is 0 Å². The fraction of sp³-hybridized carbons (Fsp3) is 0.286. The van der Waals surface area contributed by atoms with E-state index in [0.717, 1.165) is 5.56 Å². The lowest BCUT2D eigenvalue weighted by atomic mass is 10.1. The molecule has 0 spiro atoms. The number of carbonyl (C=O) groups is 3. The number of carbonyl (C=O) groups excluding carboxylic acids is 3. The molecule has 2 aromatic rings. The van der Waals surface area contributed by atoms with Crippen molar-refractivity contribution in [2.45, 2.75) is 26.3 Å². The van der Waals surface area contributed by atoms with Gasteiger partial charge in [0.25, 0.3) is 0 Å². The first-order chi connectivity index (χ1) is 13.4. The highest BCUT2D eigenvalue weighted by Gasteiger charge is 2.29. The topological polar surface area (TPSA) is 87.7 Å². The van der Waals surface area contributed by atoms with Gasteiger partial charge < -0.3 is 20.3 Å². The van der Waals surface area contributed by atoms with Crippen molar-refractivity contribution < 1.29 is 19.1 Å². The van der Waals surface area contributed by atoms with Crippen molar-refractivity contribution >= 4 is 34.8 Å². The summed E-state index contributed by atoms with van der Waals surface area (Å²) in [6.07, 6.45) is 0.207. The third-order valence-corrected chi connectivity index (χ3v) is 4.72. The van der Waals surface area contributed by atoms with Crippen molar-refractivity contribution in [3.05, 3.63) is 53.6 Å². The molecular weight excluding hydrogens is 358 g/mol. The Balaban J connectivity index is 1.85. The van der Waals surface area contributed by atoms with E-state index in [9.17, 15) is 14.4 Å². The van der Waals surface area contributed by atoms with Gasteiger partial charge in [0.1, 0.15) is 0 Å². The molecule has 2 aromatic carbocycles. The van der Waals surface area contributed by atoms with Gasteiger partial charge >= 0.3 is 5.97 Å². The lowest BCUT2D eigenvalue weighted by Gasteiger charge is -2.28. The highest BCUT2D eigenvalue weighted by atomic mass is 16.5. The van der Waals surface area contributed by atoms with Gasteiger partial charge in [0.15, 0.2) is 0 Å². The molecule has 0 fully saturated rings. The molecule has 0 saturated carbocycles. The van der Waals surface area contributed by atoms with Crippen LogP contribution in [0.3, 0.4) is 0 Å². The molecule has 2 amide bonds. The molecule has 28 heavy (non-hydrogen) atoms. The van der Waals surface area contributed by atoms with Crippen LogP contribution in [0.4, 0.5) is 17.1 Å². The van der Waals surface area contributed by atoms with Crippen LogP contribution in [0, 0.1) is 6.92 Å². The Morgan fingerprint density at radius 3 is 2.71 bits per heavy atom. The zero-order valence-electron chi connectivity index (χ0n) is 16.1. The molecule has 7 nitrogen and oxygen atoms in total. The summed E-state index contributed by atoms with van der Waals surface area (Å²) >= 11 is 0. The monoisotopic (exact) mass is 381 g/mol. The number of anilines is 3. The minimum atomic E-state index is -0.462. The molecule has 3 rings (SSSR count). The Bertz CT molecular complexity index is 926. The van der Waals surface area contributed by atoms with E-state index < -0.39 is 5.97 Å². The molecule has 1 aliphatic rings. The average molecular weight is 381 g/mol. The number of nitrogens with zero attached hydrogens (tertiary/aromatic N) is 1. The Kier molecular flexibility index (Phi) is 5.63. The second-order valence-electron chi connectivity index (χ2n) is 6.72. The molecule has 2 N–H and O–H groups in total. The molecule has 1 atom stereocenters. The number of hydrogen-bond donors (Lipinski definition) is 2. The number of rotatable bonds is 4. The van der Waals surface area contributed by atoms with Crippen LogP contribution >= 0.6 is 0 Å². The summed E-state index contributed by atoms with van der Waals surface area (Å²) < 4.78 is 4.85. The fourth-order valence-corrected chi connectivity index (χ4v) is 3.41. The lowest BCUT2D eigenvalue weighted by molar-refractivity contribution is -0.118. The third-order valence-electron chi connectivity index (χ3n) is 4.72. The molecule has 0 aromatic heterocycles. The van der Waals surface area contributed by atoms with Gasteiger partial charge in [-0.15, -0.1) is 0 Å². The third kappa shape index (κ3) is 3.83. The van der Waals surface area contributed by atoms with Crippen molar-refractivity contribution in [3.8, 4) is 0 Å². The summed E-state index contributed by atoms with van der Waals surface area (Å²) in [7, 11) is 1.32. The molecule has 0 aliphatic carbocycles. The van der Waals surface area contributed by atoms with E-state index in [-0.39, 0.29) is 30.8 Å². The van der Waals surface area contributed by atoms with Gasteiger partial charge in [0.2, 0.25) is 11.8 Å². The number of nitrogens with one attached hydrogen (secondary N) is 2. The van der Waals surface area contributed by atoms with Crippen LogP contribution in [0.15, 0.2) is 42.5 Å². The van der Waals surface area contributed by atoms with Crippen molar-refractivity contribution in [2.24, 2.45) is 0 Å². The Morgan fingerprint density at radius 2 is 1.96 bits per heavy atom. The second-order valence-corrected chi connectivity index (χ2v) is 6.72. The van der Waals surface area contributed by atoms with E-state index >= 15 is 0 Å². The first-order valence-electron chi connectivity index (χ1n) is 9.05. The first-order valence-corrected chi connectivity index (χ1v) is 9.05. The second kappa shape index (κ2) is 8.12. The van der Waals surface area contributed by atoms with Gasteiger partial charge in [0, 0.05) is 18.2 Å². The maximum Gasteiger partial charge on any atom is 0.340 e. The highest BCUT2D eigenvalue weighted by Crippen LogP contribution is 2.31. The molecule has 0 radical (unpaired) electrons. The normalized spacial score (nSPS) is 15.9. The van der Waals surface area contributed by atoms with Crippen molar-refractivity contribution in [1.29, 1.82) is 0 Å². The first kappa shape index (κ1) is 19.4. The van der Waals surface area contributed by atoms with Crippen LogP contribution in [0.25, 0.3) is 0 Å². The lowest BCUT2D eigenvalue weighted by Crippen LogP contribution is -2.42. The largest absolute Gasteiger partial charge is 0.465 e. The van der Waals surface area contributed by atoms with E-state index in [1.165, 1.54) is 7.11 Å². The van der Waals surface area contributed by atoms with E-state index in [4.69, 9.17) is 4.74 Å². The number of methoxy groups -OCH3 is 1. The quantitative estimate of drug-likeness (QED) is 0.795. The van der Waals surface area contributed by atoms with Gasteiger partial charge in [-0.2, -0.15) is 0 Å². The number of para-hydroxylation sites is 2. The molecular formula is C21H23N3O4. The molecule has 7 heteroatoms. The maximum absolute atomic E-state index is 13.0. The zero-order chi connectivity index (χ0) is 20.3. The van der Waals surface area contributed by atoms with Gasteiger partial charge in [-0.25, -0.2) is 4.79 Å². The molecule has 1 aliphatic heterocycles. The van der Waals surface area contributed by atoms with E-state index in [0.29, 0.717) is 22.6 Å². The number of benzene rings is 2. The SMILES string of the molecule is COC(=O)c1c(C)cccc1NCC(=O)N1c2ccccc2NC(=O)C[C@@H]1C. The Morgan fingerprint density at radius 1 is 1.21 bits per heavy atom. The van der Waals surface area contributed by atoms with Crippen LogP contribution in [0.2, 0.25) is 0 Å². The molecule has 0 bridgehead atoms. The number of aryl methyl sites for hydroxylation is 1. The molecule has 146 valence electrons. The van der Waals surface area contributed by atoms with E-state index in [1.807, 2.05) is 38.1 Å². The summed E-state index contributed by atoms with van der Waals surface area (Å²) in [5, 5.41) is 5.89. The summed E-state index contributed by atoms with van der Waals surface area (Å²) in [5.74, 6) is -0.792. The predicted octanol–water partition coefficient (Wildman–Crippen LogP) is 2.96. The Hall–Kier alpha value is -3.35. The fourth-order valence-electron chi connectivity index (χ4n) is 3.41. The number of ether oxygens (including phenoxy) is 1. The van der Waals surface area contributed by atoms with E-state index in [2.05, 4.69) is 10.6 Å². The minimum absolute atomic E-state index is 0.0275. The van der Waals surface area contributed by atoms with Crippen LogP contribution in [0.1, 0.15) is 29.3 Å². The zero-order valence-corrected chi connectivity index (χ0v) is 16.1. The smallest absolute Gasteiger partial charge is 0.340 e. The number of esters is 1. The highest BCUT2D eigenvalue weighted by molar-refractivity contribution is 6.06. The number of amides is 2. The van der Waals surface area contributed by atoms with Gasteiger partial charge in [0.05, 0.1) is 30.6 Å². The summed E-state index contributed by atoms with van der Waals surface area (Å²) in [5.41, 5.74) is 2.96. The van der Waals surface area contributed by atoms with Crippen LogP contribution < -0.4 is 15.5 Å². The minimum Gasteiger partial charge on any atom is -0.465 e. The number of fused-ring (bicyclic) bond motifs is 1. The van der Waals surface area contributed by atoms with Gasteiger partial charge in [-0.05, 0) is 37.6 Å². The predicted molar refractivity (Wildman–Crippen MR) is 108 cm³/mol. The van der Waals surface area contributed by atoms with E-state index in [1.54, 1.807) is 23.1 Å². The summed E-state index contributed by atoms with van der Waals surface area (Å²) in [4.78, 5) is 38.8. The van der Waals surface area contributed by atoms with Gasteiger partial charge in [-0.1, -0.05) is 24.3 Å². The molecule has 0 unspecified atom stereocenters. The van der Waals surface area contributed by atoms with Crippen molar-refractivity contribution in [2.75, 3.05) is 29.2 Å². The van der Waals surface area contributed by atoms with Crippen LogP contribution in [-0.2, 0) is 14.3 Å². The van der Waals surface area contributed by atoms with Crippen molar-refractivity contribution in [3.63, 3.8) is 0 Å². The standard InChI is InChI=1S/C21H23N3O4/c1-13-7-6-9-16(20(13)21(27)28-3)22-12-19(26)24-14(2)11-18(25)23-15-8-4-5-10-17(15)24/h4-10,14,22H,11-12H2,1-3H3,(H,23,25)/t14-/m0/s1. The molecule has 0 saturated heterocycles. The average Bonchev–Trinajstić information content (AvgIpc) is 2.79. The van der Waals surface area contributed by atoms with Crippen LogP contribution in [-0.4, -0.2) is 37.5 Å². The molecule has 1 heterocycles. The van der Waals surface area contributed by atoms with Crippen molar-refractivity contribution in [1.82, 2.24) is 0 Å². The van der Waals surface area contributed by atoms with Gasteiger partial charge in [-0.3, -0.25) is 9.59 Å². The summed E-state index contributed by atoms with van der Waals surface area (Å²) in [6.45, 7) is 3.62. The summed E-state index contributed by atoms with van der Waals surface area (Å²) in [6, 6.07) is 12.3. The number of hydrogen-bond acceptors (Lipinski definition) is 5.